The SMILES string of the molecule is CC(C)(C)C(Br)CCc1nccs1. The summed E-state index contributed by atoms with van der Waals surface area (Å²) in [6.07, 6.45) is 4.13. The molecule has 1 aromatic heterocycles. The van der Waals surface area contributed by atoms with E-state index in [-0.39, 0.29) is 0 Å². The maximum Gasteiger partial charge on any atom is 0.0925 e. The summed E-state index contributed by atoms with van der Waals surface area (Å²) in [5.41, 5.74) is 0.345. The number of aryl methyl sites for hydroxylation is 1. The van der Waals surface area contributed by atoms with Crippen molar-refractivity contribution >= 4 is 27.3 Å². The van der Waals surface area contributed by atoms with Gasteiger partial charge in [0.25, 0.3) is 0 Å². The van der Waals surface area contributed by atoms with Crippen molar-refractivity contribution in [2.45, 2.75) is 38.4 Å². The Balaban J connectivity index is 2.35. The maximum absolute atomic E-state index is 4.27. The number of thiazole rings is 1. The molecule has 0 spiro atoms. The molecule has 0 saturated carbocycles. The molecule has 13 heavy (non-hydrogen) atoms. The van der Waals surface area contributed by atoms with Gasteiger partial charge in [0.1, 0.15) is 0 Å². The van der Waals surface area contributed by atoms with Gasteiger partial charge in [-0.05, 0) is 11.8 Å². The minimum absolute atomic E-state index is 0.345. The summed E-state index contributed by atoms with van der Waals surface area (Å²) in [6, 6.07) is 0. The van der Waals surface area contributed by atoms with Crippen LogP contribution < -0.4 is 0 Å². The summed E-state index contributed by atoms with van der Waals surface area (Å²) < 4.78 is 0. The van der Waals surface area contributed by atoms with Crippen LogP contribution in [-0.4, -0.2) is 9.81 Å². The van der Waals surface area contributed by atoms with Crippen LogP contribution in [0.5, 0.6) is 0 Å². The van der Waals surface area contributed by atoms with E-state index in [0.717, 1.165) is 12.8 Å². The first-order valence-corrected chi connectivity index (χ1v) is 6.32. The molecule has 1 nitrogen and oxygen atoms in total. The lowest BCUT2D eigenvalue weighted by Gasteiger charge is -2.25. The van der Waals surface area contributed by atoms with E-state index in [9.17, 15) is 0 Å². The van der Waals surface area contributed by atoms with Gasteiger partial charge in [-0.1, -0.05) is 36.7 Å². The lowest BCUT2D eigenvalue weighted by Crippen LogP contribution is -2.20. The van der Waals surface area contributed by atoms with Crippen molar-refractivity contribution < 1.29 is 0 Å². The third-order valence-electron chi connectivity index (χ3n) is 2.03. The van der Waals surface area contributed by atoms with Gasteiger partial charge in [-0.2, -0.15) is 0 Å². The molecule has 0 aliphatic carbocycles. The Bertz CT molecular complexity index is 238. The van der Waals surface area contributed by atoms with Crippen molar-refractivity contribution in [2.75, 3.05) is 0 Å². The van der Waals surface area contributed by atoms with Crippen LogP contribution in [0.2, 0.25) is 0 Å². The van der Waals surface area contributed by atoms with Gasteiger partial charge in [0.05, 0.1) is 5.01 Å². The Kier molecular flexibility index (Phi) is 3.92. The van der Waals surface area contributed by atoms with Gasteiger partial charge in [-0.15, -0.1) is 11.3 Å². The summed E-state index contributed by atoms with van der Waals surface area (Å²) in [4.78, 5) is 4.84. The highest BCUT2D eigenvalue weighted by Crippen LogP contribution is 2.29. The smallest absolute Gasteiger partial charge is 0.0925 e. The van der Waals surface area contributed by atoms with Crippen LogP contribution in [-0.2, 0) is 6.42 Å². The van der Waals surface area contributed by atoms with Gasteiger partial charge in [-0.25, -0.2) is 4.98 Å². The van der Waals surface area contributed by atoms with Crippen LogP contribution in [0.25, 0.3) is 0 Å². The fourth-order valence-electron chi connectivity index (χ4n) is 1.06. The monoisotopic (exact) mass is 261 g/mol. The predicted octanol–water partition coefficient (Wildman–Crippen LogP) is 3.89. The van der Waals surface area contributed by atoms with Gasteiger partial charge in [0, 0.05) is 22.8 Å². The molecule has 3 heteroatoms. The molecule has 0 saturated heterocycles. The number of alkyl halides is 1. The largest absolute Gasteiger partial charge is 0.250 e. The standard InChI is InChI=1S/C10H16BrNS/c1-10(2,3)8(11)4-5-9-12-6-7-13-9/h6-8H,4-5H2,1-3H3. The van der Waals surface area contributed by atoms with Gasteiger partial charge >= 0.3 is 0 Å². The number of hydrogen-bond acceptors (Lipinski definition) is 2. The molecule has 0 aliphatic heterocycles. The summed E-state index contributed by atoms with van der Waals surface area (Å²) in [7, 11) is 0. The molecule has 0 N–H and O–H groups in total. The van der Waals surface area contributed by atoms with Crippen molar-refractivity contribution in [3.63, 3.8) is 0 Å². The van der Waals surface area contributed by atoms with Crippen molar-refractivity contribution in [3.05, 3.63) is 16.6 Å². The molecule has 1 rings (SSSR count). The van der Waals surface area contributed by atoms with Crippen LogP contribution in [0.4, 0.5) is 0 Å². The quantitative estimate of drug-likeness (QED) is 0.753. The minimum Gasteiger partial charge on any atom is -0.250 e. The maximum atomic E-state index is 4.27. The first-order valence-electron chi connectivity index (χ1n) is 4.52. The van der Waals surface area contributed by atoms with Crippen LogP contribution in [0, 0.1) is 5.41 Å². The lowest BCUT2D eigenvalue weighted by molar-refractivity contribution is 0.385. The van der Waals surface area contributed by atoms with Crippen LogP contribution in [0.1, 0.15) is 32.2 Å². The second kappa shape index (κ2) is 4.56. The van der Waals surface area contributed by atoms with E-state index in [1.165, 1.54) is 5.01 Å². The highest BCUT2D eigenvalue weighted by atomic mass is 79.9. The van der Waals surface area contributed by atoms with E-state index in [0.29, 0.717) is 10.2 Å². The third-order valence-corrected chi connectivity index (χ3v) is 4.71. The summed E-state index contributed by atoms with van der Waals surface area (Å²) in [5, 5.41) is 3.28. The molecule has 0 aromatic carbocycles. The first kappa shape index (κ1) is 11.2. The lowest BCUT2D eigenvalue weighted by atomic mass is 9.90. The second-order valence-electron chi connectivity index (χ2n) is 4.30. The number of hydrogen-bond donors (Lipinski definition) is 0. The number of rotatable bonds is 3. The molecule has 74 valence electrons. The fourth-order valence-corrected chi connectivity index (χ4v) is 1.92. The molecule has 0 radical (unpaired) electrons. The molecule has 1 atom stereocenters. The van der Waals surface area contributed by atoms with Gasteiger partial charge in [0.2, 0.25) is 0 Å². The average Bonchev–Trinajstić information content (AvgIpc) is 2.50. The van der Waals surface area contributed by atoms with E-state index in [1.54, 1.807) is 11.3 Å². The molecule has 1 unspecified atom stereocenters. The third kappa shape index (κ3) is 3.77. The Morgan fingerprint density at radius 3 is 2.69 bits per heavy atom. The van der Waals surface area contributed by atoms with Gasteiger partial charge in [-0.3, -0.25) is 0 Å². The highest BCUT2D eigenvalue weighted by Gasteiger charge is 2.21. The van der Waals surface area contributed by atoms with Crippen molar-refractivity contribution in [2.24, 2.45) is 5.41 Å². The molecule has 0 amide bonds. The van der Waals surface area contributed by atoms with Crippen molar-refractivity contribution in [3.8, 4) is 0 Å². The van der Waals surface area contributed by atoms with E-state index in [1.807, 2.05) is 11.6 Å². The molecular weight excluding hydrogens is 246 g/mol. The second-order valence-corrected chi connectivity index (χ2v) is 6.38. The molecule has 1 aromatic rings. The fraction of sp³-hybridized carbons (Fsp3) is 0.700. The molecule has 0 fully saturated rings. The first-order chi connectivity index (χ1) is 6.00. The normalized spacial score (nSPS) is 14.5. The summed E-state index contributed by atoms with van der Waals surface area (Å²) in [5.74, 6) is 0. The Hall–Kier alpha value is 0.110. The van der Waals surface area contributed by atoms with Crippen LogP contribution in [0.3, 0.4) is 0 Å². The van der Waals surface area contributed by atoms with Gasteiger partial charge < -0.3 is 0 Å². The molecule has 0 bridgehead atoms. The molecule has 1 heterocycles. The zero-order valence-corrected chi connectivity index (χ0v) is 10.8. The molecule has 0 aliphatic rings. The molecular formula is C10H16BrNS. The van der Waals surface area contributed by atoms with Gasteiger partial charge in [0.15, 0.2) is 0 Å². The van der Waals surface area contributed by atoms with Crippen LogP contribution in [0.15, 0.2) is 11.6 Å². The number of aromatic nitrogens is 1. The summed E-state index contributed by atoms with van der Waals surface area (Å²) in [6.45, 7) is 6.77. The average molecular weight is 262 g/mol. The highest BCUT2D eigenvalue weighted by molar-refractivity contribution is 9.09. The van der Waals surface area contributed by atoms with Crippen LogP contribution >= 0.6 is 27.3 Å². The Morgan fingerprint density at radius 2 is 2.23 bits per heavy atom. The summed E-state index contributed by atoms with van der Waals surface area (Å²) >= 11 is 5.46. The van der Waals surface area contributed by atoms with E-state index in [2.05, 4.69) is 41.7 Å². The van der Waals surface area contributed by atoms with E-state index in [4.69, 9.17) is 0 Å². The van der Waals surface area contributed by atoms with Crippen molar-refractivity contribution in [1.82, 2.24) is 4.98 Å². The number of nitrogens with zero attached hydrogens (tertiary/aromatic N) is 1. The van der Waals surface area contributed by atoms with E-state index >= 15 is 0 Å². The zero-order chi connectivity index (χ0) is 9.90. The Morgan fingerprint density at radius 1 is 1.54 bits per heavy atom. The zero-order valence-electron chi connectivity index (χ0n) is 8.38. The minimum atomic E-state index is 0.345. The predicted molar refractivity (Wildman–Crippen MR) is 62.6 cm³/mol. The Labute approximate surface area is 92.7 Å². The number of halogens is 1. The van der Waals surface area contributed by atoms with E-state index < -0.39 is 0 Å². The topological polar surface area (TPSA) is 12.9 Å². The van der Waals surface area contributed by atoms with Crippen molar-refractivity contribution in [1.29, 1.82) is 0 Å².